The molecule has 0 radical (unpaired) electrons. The van der Waals surface area contributed by atoms with Gasteiger partial charge in [0.25, 0.3) is 0 Å². The number of rotatable bonds is 2. The molecule has 0 spiro atoms. The van der Waals surface area contributed by atoms with Crippen molar-refractivity contribution in [1.29, 1.82) is 0 Å². The van der Waals surface area contributed by atoms with Crippen molar-refractivity contribution in [2.75, 3.05) is 19.6 Å². The standard InChI is InChI=1S/C16H24N2O2/c19-15-12-17(16(20)13-6-4-5-7-13)10-11-18(15)14-8-2-1-3-9-14/h4-5,13-14H,1-3,6-12H2. The number of nitrogens with zero attached hydrogens (tertiary/aromatic N) is 2. The lowest BCUT2D eigenvalue weighted by atomic mass is 9.93. The molecule has 2 amide bonds. The molecule has 3 rings (SSSR count). The molecule has 2 aliphatic carbocycles. The Morgan fingerprint density at radius 3 is 2.40 bits per heavy atom. The topological polar surface area (TPSA) is 40.6 Å². The highest BCUT2D eigenvalue weighted by Crippen LogP contribution is 2.25. The van der Waals surface area contributed by atoms with Gasteiger partial charge in [-0.15, -0.1) is 0 Å². The van der Waals surface area contributed by atoms with Crippen LogP contribution in [0.15, 0.2) is 12.2 Å². The molecule has 3 aliphatic rings. The summed E-state index contributed by atoms with van der Waals surface area (Å²) in [4.78, 5) is 28.5. The number of hydrogen-bond donors (Lipinski definition) is 0. The summed E-state index contributed by atoms with van der Waals surface area (Å²) in [7, 11) is 0. The minimum absolute atomic E-state index is 0.0871. The normalized spacial score (nSPS) is 25.5. The molecular weight excluding hydrogens is 252 g/mol. The average Bonchev–Trinajstić information content (AvgIpc) is 3.01. The van der Waals surface area contributed by atoms with E-state index in [2.05, 4.69) is 12.2 Å². The fourth-order valence-electron chi connectivity index (χ4n) is 3.73. The van der Waals surface area contributed by atoms with E-state index in [0.717, 1.165) is 38.8 Å². The SMILES string of the molecule is O=C(C1CC=CC1)N1CCN(C2CCCCC2)C(=O)C1. The summed E-state index contributed by atoms with van der Waals surface area (Å²) in [5, 5.41) is 0. The van der Waals surface area contributed by atoms with Crippen molar-refractivity contribution in [3.8, 4) is 0 Å². The van der Waals surface area contributed by atoms with Gasteiger partial charge < -0.3 is 9.80 Å². The van der Waals surface area contributed by atoms with Crippen LogP contribution in [0.5, 0.6) is 0 Å². The van der Waals surface area contributed by atoms with Crippen molar-refractivity contribution >= 4 is 11.8 Å². The summed E-state index contributed by atoms with van der Waals surface area (Å²) in [5.74, 6) is 0.415. The summed E-state index contributed by atoms with van der Waals surface area (Å²) in [5.41, 5.74) is 0. The van der Waals surface area contributed by atoms with Gasteiger partial charge in [-0.1, -0.05) is 31.4 Å². The Morgan fingerprint density at radius 1 is 1.05 bits per heavy atom. The molecule has 1 aliphatic heterocycles. The predicted octanol–water partition coefficient (Wildman–Crippen LogP) is 1.96. The van der Waals surface area contributed by atoms with Gasteiger partial charge in [-0.2, -0.15) is 0 Å². The zero-order valence-corrected chi connectivity index (χ0v) is 12.1. The summed E-state index contributed by atoms with van der Waals surface area (Å²) in [6.45, 7) is 1.75. The van der Waals surface area contributed by atoms with E-state index in [1.54, 1.807) is 4.90 Å². The zero-order valence-electron chi connectivity index (χ0n) is 12.1. The highest BCUT2D eigenvalue weighted by molar-refractivity contribution is 5.87. The minimum Gasteiger partial charge on any atom is -0.336 e. The summed E-state index contributed by atoms with van der Waals surface area (Å²) in [6, 6.07) is 0.432. The van der Waals surface area contributed by atoms with Crippen LogP contribution in [-0.4, -0.2) is 47.3 Å². The Morgan fingerprint density at radius 2 is 1.75 bits per heavy atom. The van der Waals surface area contributed by atoms with Gasteiger partial charge in [0.2, 0.25) is 11.8 Å². The molecule has 0 aromatic heterocycles. The van der Waals surface area contributed by atoms with Crippen molar-refractivity contribution in [2.45, 2.75) is 51.0 Å². The molecule has 1 heterocycles. The molecule has 4 heteroatoms. The van der Waals surface area contributed by atoms with Gasteiger partial charge in [0.15, 0.2) is 0 Å². The van der Waals surface area contributed by atoms with E-state index in [1.165, 1.54) is 19.3 Å². The molecular formula is C16H24N2O2. The highest BCUT2D eigenvalue weighted by Gasteiger charge is 2.34. The number of carbonyl (C=O) groups is 2. The Hall–Kier alpha value is -1.32. The molecule has 0 atom stereocenters. The van der Waals surface area contributed by atoms with Crippen LogP contribution in [0.3, 0.4) is 0 Å². The summed E-state index contributed by atoms with van der Waals surface area (Å²) >= 11 is 0. The van der Waals surface area contributed by atoms with Crippen LogP contribution >= 0.6 is 0 Å². The van der Waals surface area contributed by atoms with Crippen molar-refractivity contribution < 1.29 is 9.59 Å². The van der Waals surface area contributed by atoms with Gasteiger partial charge >= 0.3 is 0 Å². The number of amides is 2. The lowest BCUT2D eigenvalue weighted by Crippen LogP contribution is -2.56. The van der Waals surface area contributed by atoms with Gasteiger partial charge in [0.1, 0.15) is 0 Å². The van der Waals surface area contributed by atoms with E-state index in [0.29, 0.717) is 12.6 Å². The van der Waals surface area contributed by atoms with Crippen molar-refractivity contribution in [1.82, 2.24) is 9.80 Å². The maximum absolute atomic E-state index is 12.3. The molecule has 4 nitrogen and oxygen atoms in total. The number of allylic oxidation sites excluding steroid dienone is 2. The van der Waals surface area contributed by atoms with E-state index >= 15 is 0 Å². The van der Waals surface area contributed by atoms with E-state index in [9.17, 15) is 9.59 Å². The highest BCUT2D eigenvalue weighted by atomic mass is 16.2. The fraction of sp³-hybridized carbons (Fsp3) is 0.750. The van der Waals surface area contributed by atoms with Gasteiger partial charge in [0, 0.05) is 25.0 Å². The molecule has 0 unspecified atom stereocenters. The van der Waals surface area contributed by atoms with Gasteiger partial charge in [-0.3, -0.25) is 9.59 Å². The minimum atomic E-state index is 0.0871. The van der Waals surface area contributed by atoms with Gasteiger partial charge in [-0.25, -0.2) is 0 Å². The van der Waals surface area contributed by atoms with E-state index in [1.807, 2.05) is 4.90 Å². The first-order valence-corrected chi connectivity index (χ1v) is 7.99. The number of piperazine rings is 1. The molecule has 110 valence electrons. The third-order valence-electron chi connectivity index (χ3n) is 4.94. The second-order valence-corrected chi connectivity index (χ2v) is 6.28. The first-order valence-electron chi connectivity index (χ1n) is 7.99. The molecule has 0 aromatic carbocycles. The van der Waals surface area contributed by atoms with Crippen LogP contribution in [0.2, 0.25) is 0 Å². The second kappa shape index (κ2) is 5.98. The van der Waals surface area contributed by atoms with E-state index in [-0.39, 0.29) is 17.7 Å². The maximum atomic E-state index is 12.3. The van der Waals surface area contributed by atoms with Crippen molar-refractivity contribution in [3.63, 3.8) is 0 Å². The molecule has 1 saturated heterocycles. The molecule has 0 aromatic rings. The van der Waals surface area contributed by atoms with Crippen LogP contribution in [0.25, 0.3) is 0 Å². The van der Waals surface area contributed by atoms with Crippen LogP contribution in [-0.2, 0) is 9.59 Å². The van der Waals surface area contributed by atoms with Crippen molar-refractivity contribution in [2.24, 2.45) is 5.92 Å². The molecule has 1 saturated carbocycles. The van der Waals surface area contributed by atoms with E-state index in [4.69, 9.17) is 0 Å². The van der Waals surface area contributed by atoms with Crippen molar-refractivity contribution in [3.05, 3.63) is 12.2 Å². The first kappa shape index (κ1) is 13.7. The molecule has 2 fully saturated rings. The Bertz CT molecular complexity index is 405. The zero-order chi connectivity index (χ0) is 13.9. The molecule has 20 heavy (non-hydrogen) atoms. The lowest BCUT2D eigenvalue weighted by molar-refractivity contribution is -0.149. The van der Waals surface area contributed by atoms with Gasteiger partial charge in [-0.05, 0) is 25.7 Å². The number of hydrogen-bond acceptors (Lipinski definition) is 2. The smallest absolute Gasteiger partial charge is 0.242 e. The fourth-order valence-corrected chi connectivity index (χ4v) is 3.73. The van der Waals surface area contributed by atoms with Crippen LogP contribution in [0.1, 0.15) is 44.9 Å². The van der Waals surface area contributed by atoms with E-state index < -0.39 is 0 Å². The predicted molar refractivity (Wildman–Crippen MR) is 77.0 cm³/mol. The first-order chi connectivity index (χ1) is 9.75. The molecule has 0 bridgehead atoms. The third kappa shape index (κ3) is 2.74. The third-order valence-corrected chi connectivity index (χ3v) is 4.94. The van der Waals surface area contributed by atoms with Crippen LogP contribution in [0.4, 0.5) is 0 Å². The lowest BCUT2D eigenvalue weighted by Gasteiger charge is -2.41. The summed E-state index contributed by atoms with van der Waals surface area (Å²) < 4.78 is 0. The quantitative estimate of drug-likeness (QED) is 0.723. The van der Waals surface area contributed by atoms with Crippen LogP contribution < -0.4 is 0 Å². The number of carbonyl (C=O) groups excluding carboxylic acids is 2. The Labute approximate surface area is 120 Å². The van der Waals surface area contributed by atoms with Crippen LogP contribution in [0, 0.1) is 5.92 Å². The largest absolute Gasteiger partial charge is 0.336 e. The Balaban J connectivity index is 1.56. The average molecular weight is 276 g/mol. The molecule has 0 N–H and O–H groups in total. The van der Waals surface area contributed by atoms with Gasteiger partial charge in [0.05, 0.1) is 6.54 Å². The second-order valence-electron chi connectivity index (χ2n) is 6.28. The maximum Gasteiger partial charge on any atom is 0.242 e. The summed E-state index contributed by atoms with van der Waals surface area (Å²) in [6.07, 6.45) is 11.9. The Kier molecular flexibility index (Phi) is 4.08. The monoisotopic (exact) mass is 276 g/mol.